The summed E-state index contributed by atoms with van der Waals surface area (Å²) in [6, 6.07) is 21.1. The van der Waals surface area contributed by atoms with Crippen LogP contribution in [0.15, 0.2) is 60.7 Å². The van der Waals surface area contributed by atoms with Gasteiger partial charge in [0.25, 0.3) is 0 Å². The van der Waals surface area contributed by atoms with Gasteiger partial charge in [-0.15, -0.1) is 11.3 Å². The second-order valence-electron chi connectivity index (χ2n) is 7.08. The van der Waals surface area contributed by atoms with Gasteiger partial charge in [-0.3, -0.25) is 4.90 Å². The summed E-state index contributed by atoms with van der Waals surface area (Å²) in [5, 5.41) is 4.38. The van der Waals surface area contributed by atoms with Crippen molar-refractivity contribution < 1.29 is 0 Å². The minimum atomic E-state index is 0.730. The van der Waals surface area contributed by atoms with E-state index < -0.39 is 0 Å². The SMILES string of the molecule is [c]1nc(-c2ccccc2)nc2sc(-c3ccc(CN4CCNCC4)cc3)cc12. The number of thiophene rings is 1. The van der Waals surface area contributed by atoms with Gasteiger partial charge < -0.3 is 5.32 Å². The van der Waals surface area contributed by atoms with Crippen LogP contribution in [0.2, 0.25) is 0 Å². The number of rotatable bonds is 4. The Bertz CT molecular complexity index is 1070. The summed E-state index contributed by atoms with van der Waals surface area (Å²) in [6.07, 6.45) is 3.16. The zero-order valence-electron chi connectivity index (χ0n) is 15.6. The molecule has 5 heteroatoms. The molecule has 1 fully saturated rings. The fourth-order valence-corrected chi connectivity index (χ4v) is 4.53. The van der Waals surface area contributed by atoms with Crippen LogP contribution in [0.25, 0.3) is 32.0 Å². The molecule has 1 aliphatic rings. The van der Waals surface area contributed by atoms with Crippen LogP contribution < -0.4 is 5.32 Å². The summed E-state index contributed by atoms with van der Waals surface area (Å²) < 4.78 is 0. The third-order valence-electron chi connectivity index (χ3n) is 5.09. The standard InChI is InChI=1S/C23H21N4S/c1-2-4-19(5-3-1)22-25-15-20-14-21(28-23(20)26-22)18-8-6-17(7-9-18)16-27-12-10-24-11-13-27/h1-9,14,24H,10-13,16H2. The van der Waals surface area contributed by atoms with Crippen LogP contribution in [-0.2, 0) is 6.54 Å². The lowest BCUT2D eigenvalue weighted by molar-refractivity contribution is 0.233. The van der Waals surface area contributed by atoms with Crippen LogP contribution >= 0.6 is 11.3 Å². The van der Waals surface area contributed by atoms with Gasteiger partial charge >= 0.3 is 0 Å². The summed E-state index contributed by atoms with van der Waals surface area (Å²) in [4.78, 5) is 13.9. The maximum absolute atomic E-state index is 4.75. The van der Waals surface area contributed by atoms with Crippen molar-refractivity contribution in [3.05, 3.63) is 72.4 Å². The molecule has 1 aliphatic heterocycles. The van der Waals surface area contributed by atoms with Crippen molar-refractivity contribution in [2.24, 2.45) is 0 Å². The van der Waals surface area contributed by atoms with Crippen molar-refractivity contribution in [2.75, 3.05) is 26.2 Å². The van der Waals surface area contributed by atoms with Gasteiger partial charge in [0.1, 0.15) is 11.0 Å². The van der Waals surface area contributed by atoms with Crippen molar-refractivity contribution in [1.82, 2.24) is 20.2 Å². The van der Waals surface area contributed by atoms with Crippen LogP contribution in [0.3, 0.4) is 0 Å². The molecular formula is C23H21N4S. The Kier molecular flexibility index (Phi) is 4.87. The van der Waals surface area contributed by atoms with Gasteiger partial charge in [0.05, 0.1) is 0 Å². The highest BCUT2D eigenvalue weighted by Crippen LogP contribution is 2.33. The average molecular weight is 386 g/mol. The molecule has 2 aromatic heterocycles. The number of benzene rings is 2. The topological polar surface area (TPSA) is 41.1 Å². The first-order chi connectivity index (χ1) is 13.8. The number of hydrogen-bond donors (Lipinski definition) is 1. The zero-order chi connectivity index (χ0) is 18.8. The molecule has 0 saturated carbocycles. The monoisotopic (exact) mass is 385 g/mol. The maximum Gasteiger partial charge on any atom is 0.161 e. The summed E-state index contributed by atoms with van der Waals surface area (Å²) in [6.45, 7) is 5.44. The number of aromatic nitrogens is 2. The van der Waals surface area contributed by atoms with E-state index >= 15 is 0 Å². The number of piperazine rings is 1. The molecule has 4 nitrogen and oxygen atoms in total. The minimum Gasteiger partial charge on any atom is -0.314 e. The Morgan fingerprint density at radius 1 is 0.964 bits per heavy atom. The van der Waals surface area contributed by atoms with E-state index in [2.05, 4.69) is 51.7 Å². The Labute approximate surface area is 168 Å². The minimum absolute atomic E-state index is 0.730. The summed E-state index contributed by atoms with van der Waals surface area (Å²) in [7, 11) is 0. The molecule has 5 rings (SSSR count). The third kappa shape index (κ3) is 3.69. The fraction of sp³-hybridized carbons (Fsp3) is 0.217. The van der Waals surface area contributed by atoms with Gasteiger partial charge in [0.15, 0.2) is 5.82 Å². The fourth-order valence-electron chi connectivity index (χ4n) is 3.54. The Morgan fingerprint density at radius 3 is 2.54 bits per heavy atom. The molecular weight excluding hydrogens is 364 g/mol. The van der Waals surface area contributed by atoms with E-state index in [1.54, 1.807) is 11.3 Å². The maximum atomic E-state index is 4.75. The molecule has 0 amide bonds. The van der Waals surface area contributed by atoms with E-state index in [9.17, 15) is 0 Å². The summed E-state index contributed by atoms with van der Waals surface area (Å²) >= 11 is 1.70. The van der Waals surface area contributed by atoms with Crippen LogP contribution in [0.4, 0.5) is 0 Å². The van der Waals surface area contributed by atoms with Crippen molar-refractivity contribution in [3.63, 3.8) is 0 Å². The van der Waals surface area contributed by atoms with Crippen LogP contribution in [0, 0.1) is 6.20 Å². The number of fused-ring (bicyclic) bond motifs is 1. The third-order valence-corrected chi connectivity index (χ3v) is 6.17. The highest BCUT2D eigenvalue weighted by atomic mass is 32.1. The van der Waals surface area contributed by atoms with Gasteiger partial charge in [-0.05, 0) is 17.2 Å². The molecule has 4 aromatic rings. The van der Waals surface area contributed by atoms with Gasteiger partial charge in [0.2, 0.25) is 0 Å². The largest absolute Gasteiger partial charge is 0.314 e. The lowest BCUT2D eigenvalue weighted by Gasteiger charge is -2.27. The Morgan fingerprint density at radius 2 is 1.75 bits per heavy atom. The molecule has 0 aliphatic carbocycles. The molecule has 1 saturated heterocycles. The molecule has 1 N–H and O–H groups in total. The quantitative estimate of drug-likeness (QED) is 0.571. The van der Waals surface area contributed by atoms with Crippen molar-refractivity contribution in [1.29, 1.82) is 0 Å². The Hall–Kier alpha value is -2.60. The lowest BCUT2D eigenvalue weighted by atomic mass is 10.1. The summed E-state index contributed by atoms with van der Waals surface area (Å²) in [5.74, 6) is 0.730. The van der Waals surface area contributed by atoms with Gasteiger partial charge in [0, 0.05) is 48.6 Å². The molecule has 28 heavy (non-hydrogen) atoms. The molecule has 3 heterocycles. The van der Waals surface area contributed by atoms with Gasteiger partial charge in [-0.25, -0.2) is 9.97 Å². The molecule has 2 aromatic carbocycles. The molecule has 0 bridgehead atoms. The Balaban J connectivity index is 1.38. The van der Waals surface area contributed by atoms with E-state index in [0.717, 1.165) is 54.3 Å². The van der Waals surface area contributed by atoms with E-state index in [1.807, 2.05) is 30.3 Å². The van der Waals surface area contributed by atoms with E-state index in [1.165, 1.54) is 16.0 Å². The second kappa shape index (κ2) is 7.80. The van der Waals surface area contributed by atoms with Gasteiger partial charge in [-0.1, -0.05) is 54.6 Å². The van der Waals surface area contributed by atoms with Crippen molar-refractivity contribution >= 4 is 21.6 Å². The first-order valence-electron chi connectivity index (χ1n) is 9.62. The van der Waals surface area contributed by atoms with E-state index in [0.29, 0.717) is 0 Å². The first kappa shape index (κ1) is 17.5. The van der Waals surface area contributed by atoms with Crippen molar-refractivity contribution in [3.8, 4) is 21.8 Å². The normalized spacial score (nSPS) is 15.1. The average Bonchev–Trinajstić information content (AvgIpc) is 3.19. The van der Waals surface area contributed by atoms with Crippen LogP contribution in [0.5, 0.6) is 0 Å². The molecule has 139 valence electrons. The number of nitrogens with one attached hydrogen (secondary N) is 1. The smallest absolute Gasteiger partial charge is 0.161 e. The van der Waals surface area contributed by atoms with Gasteiger partial charge in [-0.2, -0.15) is 0 Å². The second-order valence-corrected chi connectivity index (χ2v) is 8.11. The van der Waals surface area contributed by atoms with Crippen LogP contribution in [-0.4, -0.2) is 41.0 Å². The summed E-state index contributed by atoms with van der Waals surface area (Å²) in [5.41, 5.74) is 3.61. The molecule has 0 spiro atoms. The predicted molar refractivity (Wildman–Crippen MR) is 115 cm³/mol. The predicted octanol–water partition coefficient (Wildman–Crippen LogP) is 4.23. The van der Waals surface area contributed by atoms with E-state index in [4.69, 9.17) is 4.98 Å². The highest BCUT2D eigenvalue weighted by molar-refractivity contribution is 7.21. The lowest BCUT2D eigenvalue weighted by Crippen LogP contribution is -2.42. The van der Waals surface area contributed by atoms with E-state index in [-0.39, 0.29) is 0 Å². The first-order valence-corrected chi connectivity index (χ1v) is 10.4. The number of nitrogens with zero attached hydrogens (tertiary/aromatic N) is 3. The zero-order valence-corrected chi connectivity index (χ0v) is 16.4. The molecule has 0 atom stereocenters. The molecule has 1 radical (unpaired) electrons. The van der Waals surface area contributed by atoms with Crippen molar-refractivity contribution in [2.45, 2.75) is 6.54 Å². The molecule has 0 unspecified atom stereocenters. The number of hydrogen-bond acceptors (Lipinski definition) is 5. The van der Waals surface area contributed by atoms with Crippen LogP contribution in [0.1, 0.15) is 5.56 Å². The highest BCUT2D eigenvalue weighted by Gasteiger charge is 2.11.